The minimum atomic E-state index is -0.286. The number of nitrogens with zero attached hydrogens (tertiary/aromatic N) is 3. The topological polar surface area (TPSA) is 45.2 Å². The number of carbonyl (C=O) groups excluding carboxylic acids is 1. The van der Waals surface area contributed by atoms with E-state index < -0.39 is 0 Å². The highest BCUT2D eigenvalue weighted by Crippen LogP contribution is 2.21. The van der Waals surface area contributed by atoms with Gasteiger partial charge in [0.15, 0.2) is 0 Å². The molecule has 0 radical (unpaired) electrons. The zero-order valence-electron chi connectivity index (χ0n) is 17.0. The fraction of sp³-hybridized carbons (Fsp3) is 0.667. The molecule has 28 heavy (non-hydrogen) atoms. The van der Waals surface area contributed by atoms with Gasteiger partial charge in [0.05, 0.1) is 6.54 Å². The van der Waals surface area contributed by atoms with E-state index in [0.29, 0.717) is 18.9 Å². The van der Waals surface area contributed by atoms with Crippen molar-refractivity contribution >= 4 is 5.91 Å². The molecule has 0 aliphatic carbocycles. The maximum Gasteiger partial charge on any atom is 0.248 e. The summed E-state index contributed by atoms with van der Waals surface area (Å²) in [5.74, 6) is 0.398. The zero-order chi connectivity index (χ0) is 19.9. The molecule has 1 aromatic rings. The van der Waals surface area contributed by atoms with Crippen LogP contribution in [0.15, 0.2) is 24.3 Å². The van der Waals surface area contributed by atoms with Gasteiger partial charge in [-0.25, -0.2) is 4.39 Å². The summed E-state index contributed by atoms with van der Waals surface area (Å²) in [5, 5.41) is 0. The van der Waals surface area contributed by atoms with E-state index in [-0.39, 0.29) is 30.5 Å². The zero-order valence-corrected chi connectivity index (χ0v) is 17.0. The van der Waals surface area contributed by atoms with Gasteiger partial charge in [0.2, 0.25) is 5.91 Å². The summed E-state index contributed by atoms with van der Waals surface area (Å²) in [6.45, 7) is 5.34. The van der Waals surface area contributed by atoms with E-state index in [4.69, 9.17) is 9.47 Å². The molecule has 7 heteroatoms. The first-order valence-corrected chi connectivity index (χ1v) is 10.2. The maximum atomic E-state index is 13.0. The van der Waals surface area contributed by atoms with Crippen LogP contribution in [0.5, 0.6) is 5.75 Å². The van der Waals surface area contributed by atoms with Crippen LogP contribution in [0.25, 0.3) is 0 Å². The molecule has 156 valence electrons. The van der Waals surface area contributed by atoms with E-state index in [1.807, 2.05) is 4.90 Å². The largest absolute Gasteiger partial charge is 0.491 e. The van der Waals surface area contributed by atoms with Crippen LogP contribution in [-0.2, 0) is 9.53 Å². The van der Waals surface area contributed by atoms with Crippen LogP contribution in [0.3, 0.4) is 0 Å². The number of hydrogen-bond donors (Lipinski definition) is 0. The van der Waals surface area contributed by atoms with Crippen molar-refractivity contribution in [3.05, 3.63) is 30.1 Å². The van der Waals surface area contributed by atoms with Gasteiger partial charge in [0.1, 0.15) is 30.9 Å². The third kappa shape index (κ3) is 6.15. The van der Waals surface area contributed by atoms with Crippen molar-refractivity contribution in [2.24, 2.45) is 0 Å². The van der Waals surface area contributed by atoms with Crippen molar-refractivity contribution in [1.29, 1.82) is 0 Å². The van der Waals surface area contributed by atoms with Crippen LogP contribution >= 0.6 is 0 Å². The Morgan fingerprint density at radius 2 is 1.93 bits per heavy atom. The van der Waals surface area contributed by atoms with Gasteiger partial charge >= 0.3 is 0 Å². The lowest BCUT2D eigenvalue weighted by molar-refractivity contribution is -0.155. The van der Waals surface area contributed by atoms with Crippen molar-refractivity contribution in [1.82, 2.24) is 14.7 Å². The summed E-state index contributed by atoms with van der Waals surface area (Å²) in [6, 6.07) is 6.24. The highest BCUT2D eigenvalue weighted by Gasteiger charge is 2.33. The number of carbonyl (C=O) groups is 1. The molecule has 2 heterocycles. The number of likely N-dealkylation sites (tertiary alicyclic amines) is 1. The Morgan fingerprint density at radius 1 is 1.21 bits per heavy atom. The van der Waals surface area contributed by atoms with E-state index in [2.05, 4.69) is 23.9 Å². The number of piperidine rings is 1. The van der Waals surface area contributed by atoms with Crippen molar-refractivity contribution in [3.63, 3.8) is 0 Å². The van der Waals surface area contributed by atoms with Gasteiger partial charge in [-0.05, 0) is 70.7 Å². The minimum absolute atomic E-state index is 0.0732. The molecular formula is C21H32FN3O3. The minimum Gasteiger partial charge on any atom is -0.491 e. The quantitative estimate of drug-likeness (QED) is 0.675. The Hall–Kier alpha value is -1.70. The molecule has 2 aliphatic rings. The molecule has 1 atom stereocenters. The molecule has 0 aromatic heterocycles. The number of ether oxygens (including phenoxy) is 2. The van der Waals surface area contributed by atoms with Gasteiger partial charge in [-0.15, -0.1) is 0 Å². The predicted molar refractivity (Wildman–Crippen MR) is 106 cm³/mol. The smallest absolute Gasteiger partial charge is 0.248 e. The second-order valence-electron chi connectivity index (χ2n) is 7.97. The van der Waals surface area contributed by atoms with Crippen LogP contribution in [0.4, 0.5) is 4.39 Å². The first-order valence-electron chi connectivity index (χ1n) is 10.2. The lowest BCUT2D eigenvalue weighted by Crippen LogP contribution is -2.55. The summed E-state index contributed by atoms with van der Waals surface area (Å²) in [7, 11) is 4.21. The van der Waals surface area contributed by atoms with Gasteiger partial charge in [-0.3, -0.25) is 4.79 Å². The van der Waals surface area contributed by atoms with E-state index in [0.717, 1.165) is 39.0 Å². The Labute approximate surface area is 167 Å². The van der Waals surface area contributed by atoms with Crippen LogP contribution in [0.2, 0.25) is 0 Å². The van der Waals surface area contributed by atoms with Gasteiger partial charge in [-0.2, -0.15) is 0 Å². The normalized spacial score (nSPS) is 22.1. The molecule has 0 unspecified atom stereocenters. The molecule has 0 N–H and O–H groups in total. The summed E-state index contributed by atoms with van der Waals surface area (Å²) < 4.78 is 24.3. The average molecular weight is 394 g/mol. The molecular weight excluding hydrogens is 361 g/mol. The third-order valence-corrected chi connectivity index (χ3v) is 5.49. The summed E-state index contributed by atoms with van der Waals surface area (Å²) in [5.41, 5.74) is 0. The summed E-state index contributed by atoms with van der Waals surface area (Å²) in [6.07, 6.45) is 3.05. The Kier molecular flexibility index (Phi) is 7.65. The number of hydrogen-bond acceptors (Lipinski definition) is 5. The predicted octanol–water partition coefficient (Wildman–Crippen LogP) is 1.85. The number of morpholine rings is 1. The van der Waals surface area contributed by atoms with Crippen LogP contribution in [0.1, 0.15) is 19.3 Å². The number of benzene rings is 1. The van der Waals surface area contributed by atoms with E-state index >= 15 is 0 Å². The molecule has 1 aromatic carbocycles. The molecule has 2 aliphatic heterocycles. The first kappa shape index (κ1) is 21.0. The van der Waals surface area contributed by atoms with Crippen LogP contribution < -0.4 is 4.74 Å². The first-order chi connectivity index (χ1) is 13.5. The summed E-state index contributed by atoms with van der Waals surface area (Å²) >= 11 is 0. The molecule has 0 spiro atoms. The van der Waals surface area contributed by atoms with Gasteiger partial charge in [0.25, 0.3) is 0 Å². The molecule has 3 rings (SSSR count). The second kappa shape index (κ2) is 10.2. The second-order valence-corrected chi connectivity index (χ2v) is 7.97. The maximum absolute atomic E-state index is 13.0. The highest BCUT2D eigenvalue weighted by atomic mass is 19.1. The van der Waals surface area contributed by atoms with Crippen LogP contribution in [0, 0.1) is 5.82 Å². The van der Waals surface area contributed by atoms with Gasteiger partial charge in [0, 0.05) is 19.1 Å². The highest BCUT2D eigenvalue weighted by molar-refractivity contribution is 5.78. The fourth-order valence-electron chi connectivity index (χ4n) is 3.88. The van der Waals surface area contributed by atoms with Crippen molar-refractivity contribution in [2.75, 3.05) is 60.0 Å². The SMILES string of the molecule is CN(C)CCCN1CCC(N2C[C@@H](COc3ccc(F)cc3)OCC2=O)CC1. The monoisotopic (exact) mass is 393 g/mol. The van der Waals surface area contributed by atoms with Crippen molar-refractivity contribution < 1.29 is 18.7 Å². The van der Waals surface area contributed by atoms with Crippen molar-refractivity contribution in [3.8, 4) is 5.75 Å². The van der Waals surface area contributed by atoms with E-state index in [1.165, 1.54) is 18.6 Å². The molecule has 0 saturated carbocycles. The Balaban J connectivity index is 1.43. The Bertz CT molecular complexity index is 618. The number of halogens is 1. The molecule has 2 saturated heterocycles. The van der Waals surface area contributed by atoms with Crippen molar-refractivity contribution in [2.45, 2.75) is 31.4 Å². The fourth-order valence-corrected chi connectivity index (χ4v) is 3.88. The van der Waals surface area contributed by atoms with Gasteiger partial charge < -0.3 is 24.2 Å². The number of amides is 1. The molecule has 1 amide bonds. The number of rotatable bonds is 8. The summed E-state index contributed by atoms with van der Waals surface area (Å²) in [4.78, 5) is 19.1. The third-order valence-electron chi connectivity index (χ3n) is 5.49. The van der Waals surface area contributed by atoms with E-state index in [1.54, 1.807) is 12.1 Å². The molecule has 0 bridgehead atoms. The lowest BCUT2D eigenvalue weighted by Gasteiger charge is -2.42. The molecule has 2 fully saturated rings. The van der Waals surface area contributed by atoms with E-state index in [9.17, 15) is 9.18 Å². The van der Waals surface area contributed by atoms with Gasteiger partial charge in [-0.1, -0.05) is 0 Å². The van der Waals surface area contributed by atoms with Crippen LogP contribution in [-0.4, -0.2) is 92.8 Å². The lowest BCUT2D eigenvalue weighted by atomic mass is 10.0. The standard InChI is InChI=1S/C21H32FN3O3/c1-23(2)10-3-11-24-12-8-18(9-13-24)25-14-20(28-16-21(25)26)15-27-19-6-4-17(22)5-7-19/h4-7,18,20H,3,8-16H2,1-2H3/t20-/m0/s1. The Morgan fingerprint density at radius 3 is 2.61 bits per heavy atom. The average Bonchev–Trinajstić information content (AvgIpc) is 2.69. The molecule has 6 nitrogen and oxygen atoms in total.